The number of likely N-dealkylation sites (tertiary alicyclic amines) is 1. The average Bonchev–Trinajstić information content (AvgIpc) is 3.09. The number of rotatable bonds is 7. The van der Waals surface area contributed by atoms with E-state index in [4.69, 9.17) is 9.47 Å². The second-order valence-electron chi connectivity index (χ2n) is 8.41. The lowest BCUT2D eigenvalue weighted by Crippen LogP contribution is -2.43. The molecule has 0 aliphatic carbocycles. The van der Waals surface area contributed by atoms with E-state index < -0.39 is 0 Å². The molecule has 3 aromatic rings. The van der Waals surface area contributed by atoms with Crippen LogP contribution in [0.1, 0.15) is 24.0 Å². The zero-order valence-corrected chi connectivity index (χ0v) is 18.6. The third-order valence-electron chi connectivity index (χ3n) is 6.37. The number of hydrogen-bond acceptors (Lipinski definition) is 4. The summed E-state index contributed by atoms with van der Waals surface area (Å²) in [5.41, 5.74) is 3.82. The Kier molecular flexibility index (Phi) is 6.30. The van der Waals surface area contributed by atoms with Crippen molar-refractivity contribution < 1.29 is 9.47 Å². The molecule has 0 atom stereocenters. The zero-order valence-electron chi connectivity index (χ0n) is 18.6. The number of benzene rings is 2. The van der Waals surface area contributed by atoms with Crippen LogP contribution in [0.4, 0.5) is 0 Å². The molecular weight excluding hydrogens is 374 g/mol. The molecule has 160 valence electrons. The summed E-state index contributed by atoms with van der Waals surface area (Å²) in [7, 11) is 7.76. The van der Waals surface area contributed by atoms with Gasteiger partial charge in [-0.05, 0) is 44.1 Å². The molecule has 0 amide bonds. The molecule has 0 spiro atoms. The van der Waals surface area contributed by atoms with Crippen LogP contribution in [-0.2, 0) is 20.1 Å². The molecule has 1 aliphatic heterocycles. The summed E-state index contributed by atoms with van der Waals surface area (Å²) in [5, 5.41) is 1.19. The molecule has 4 rings (SSSR count). The predicted octanol–water partition coefficient (Wildman–Crippen LogP) is 4.29. The van der Waals surface area contributed by atoms with Gasteiger partial charge in [0.05, 0.1) is 19.7 Å². The Morgan fingerprint density at radius 3 is 2.37 bits per heavy atom. The summed E-state index contributed by atoms with van der Waals surface area (Å²) >= 11 is 0. The highest BCUT2D eigenvalue weighted by molar-refractivity contribution is 5.91. The van der Waals surface area contributed by atoms with Crippen molar-refractivity contribution in [2.24, 2.45) is 7.05 Å². The van der Waals surface area contributed by atoms with Crippen LogP contribution in [0.2, 0.25) is 0 Å². The lowest BCUT2D eigenvalue weighted by atomic mass is 10.0. The van der Waals surface area contributed by atoms with Crippen LogP contribution in [0.15, 0.2) is 48.7 Å². The molecular formula is C25H33N3O2. The van der Waals surface area contributed by atoms with Crippen molar-refractivity contribution in [1.82, 2.24) is 14.4 Å². The Morgan fingerprint density at radius 1 is 0.967 bits per heavy atom. The van der Waals surface area contributed by atoms with Crippen molar-refractivity contribution >= 4 is 10.9 Å². The molecule has 1 saturated heterocycles. The Balaban J connectivity index is 1.69. The number of ether oxygens (including phenoxy) is 2. The van der Waals surface area contributed by atoms with Crippen molar-refractivity contribution in [2.45, 2.75) is 32.0 Å². The number of hydrogen-bond donors (Lipinski definition) is 0. The van der Waals surface area contributed by atoms with Gasteiger partial charge in [0.1, 0.15) is 11.5 Å². The second kappa shape index (κ2) is 9.11. The van der Waals surface area contributed by atoms with E-state index in [0.29, 0.717) is 6.04 Å². The average molecular weight is 408 g/mol. The monoisotopic (exact) mass is 407 g/mol. The minimum absolute atomic E-state index is 0.584. The van der Waals surface area contributed by atoms with Gasteiger partial charge in [0, 0.05) is 49.9 Å². The minimum Gasteiger partial charge on any atom is -0.497 e. The fraction of sp³-hybridized carbons (Fsp3) is 0.440. The highest BCUT2D eigenvalue weighted by Crippen LogP contribution is 2.36. The summed E-state index contributed by atoms with van der Waals surface area (Å²) in [4.78, 5) is 5.09. The SMILES string of the molecule is COc1cc(OC)c2c(CN(Cc3ccccc3)C3CCN(C)CC3)cn(C)c2c1. The van der Waals surface area contributed by atoms with Gasteiger partial charge < -0.3 is 18.9 Å². The highest BCUT2D eigenvalue weighted by Gasteiger charge is 2.25. The van der Waals surface area contributed by atoms with Gasteiger partial charge in [-0.25, -0.2) is 0 Å². The smallest absolute Gasteiger partial charge is 0.132 e. The van der Waals surface area contributed by atoms with Gasteiger partial charge in [-0.1, -0.05) is 30.3 Å². The number of fused-ring (bicyclic) bond motifs is 1. The van der Waals surface area contributed by atoms with Crippen LogP contribution in [0.3, 0.4) is 0 Å². The van der Waals surface area contributed by atoms with E-state index >= 15 is 0 Å². The summed E-state index contributed by atoms with van der Waals surface area (Å²) < 4.78 is 13.4. The third-order valence-corrected chi connectivity index (χ3v) is 6.37. The molecule has 5 heteroatoms. The van der Waals surface area contributed by atoms with Gasteiger partial charge in [-0.2, -0.15) is 0 Å². The molecule has 0 N–H and O–H groups in total. The van der Waals surface area contributed by atoms with E-state index in [0.717, 1.165) is 43.2 Å². The van der Waals surface area contributed by atoms with Crippen molar-refractivity contribution in [3.63, 3.8) is 0 Å². The molecule has 0 radical (unpaired) electrons. The van der Waals surface area contributed by atoms with Crippen molar-refractivity contribution in [1.29, 1.82) is 0 Å². The van der Waals surface area contributed by atoms with E-state index in [1.807, 2.05) is 6.07 Å². The van der Waals surface area contributed by atoms with Gasteiger partial charge in [-0.3, -0.25) is 4.90 Å². The second-order valence-corrected chi connectivity index (χ2v) is 8.41. The van der Waals surface area contributed by atoms with Crippen LogP contribution in [0, 0.1) is 0 Å². The molecule has 1 aliphatic rings. The summed E-state index contributed by atoms with van der Waals surface area (Å²) in [6.45, 7) is 4.19. The molecule has 0 bridgehead atoms. The predicted molar refractivity (Wildman–Crippen MR) is 122 cm³/mol. The molecule has 1 aromatic heterocycles. The van der Waals surface area contributed by atoms with Gasteiger partial charge in [-0.15, -0.1) is 0 Å². The van der Waals surface area contributed by atoms with Crippen LogP contribution < -0.4 is 9.47 Å². The Hall–Kier alpha value is -2.50. The fourth-order valence-corrected chi connectivity index (χ4v) is 4.65. The van der Waals surface area contributed by atoms with E-state index in [1.165, 1.54) is 29.4 Å². The van der Waals surface area contributed by atoms with Crippen molar-refractivity contribution in [3.05, 3.63) is 59.8 Å². The maximum atomic E-state index is 5.76. The first-order chi connectivity index (χ1) is 14.6. The summed E-state index contributed by atoms with van der Waals surface area (Å²) in [6, 6.07) is 15.5. The third kappa shape index (κ3) is 4.32. The standard InChI is InChI=1S/C25H33N3O2/c1-26-12-10-21(11-13-26)28(16-19-8-6-5-7-9-19)18-20-17-27(2)23-14-22(29-3)15-24(30-4)25(20)23/h5-9,14-15,17,21H,10-13,16,18H2,1-4H3. The van der Waals surface area contributed by atoms with E-state index in [-0.39, 0.29) is 0 Å². The van der Waals surface area contributed by atoms with Gasteiger partial charge >= 0.3 is 0 Å². The first-order valence-electron chi connectivity index (χ1n) is 10.8. The van der Waals surface area contributed by atoms with Crippen molar-refractivity contribution in [3.8, 4) is 11.5 Å². The number of aromatic nitrogens is 1. The van der Waals surface area contributed by atoms with E-state index in [1.54, 1.807) is 14.2 Å². The fourth-order valence-electron chi connectivity index (χ4n) is 4.65. The largest absolute Gasteiger partial charge is 0.497 e. The first-order valence-corrected chi connectivity index (χ1v) is 10.8. The quantitative estimate of drug-likeness (QED) is 0.584. The number of nitrogens with zero attached hydrogens (tertiary/aromatic N) is 3. The van der Waals surface area contributed by atoms with E-state index in [9.17, 15) is 0 Å². The molecule has 1 fully saturated rings. The normalized spacial score (nSPS) is 15.8. The maximum Gasteiger partial charge on any atom is 0.132 e. The lowest BCUT2D eigenvalue weighted by molar-refractivity contribution is 0.108. The van der Waals surface area contributed by atoms with Gasteiger partial charge in [0.25, 0.3) is 0 Å². The zero-order chi connectivity index (χ0) is 21.1. The lowest BCUT2D eigenvalue weighted by Gasteiger charge is -2.37. The van der Waals surface area contributed by atoms with Crippen LogP contribution in [0.5, 0.6) is 11.5 Å². The molecule has 0 saturated carbocycles. The van der Waals surface area contributed by atoms with Gasteiger partial charge in [0.2, 0.25) is 0 Å². The Morgan fingerprint density at radius 2 is 1.70 bits per heavy atom. The minimum atomic E-state index is 0.584. The van der Waals surface area contributed by atoms with Crippen LogP contribution in [0.25, 0.3) is 10.9 Å². The number of aryl methyl sites for hydroxylation is 1. The number of methoxy groups -OCH3 is 2. The molecule has 0 unspecified atom stereocenters. The van der Waals surface area contributed by atoms with E-state index in [2.05, 4.69) is 71.1 Å². The van der Waals surface area contributed by atoms with Gasteiger partial charge in [0.15, 0.2) is 0 Å². The highest BCUT2D eigenvalue weighted by atomic mass is 16.5. The topological polar surface area (TPSA) is 29.9 Å². The number of piperidine rings is 1. The Labute approximate surface area is 179 Å². The summed E-state index contributed by atoms with van der Waals surface area (Å²) in [6.07, 6.45) is 4.66. The van der Waals surface area contributed by atoms with Crippen LogP contribution in [-0.4, -0.2) is 54.8 Å². The first kappa shape index (κ1) is 20.8. The molecule has 2 heterocycles. The Bertz CT molecular complexity index is 975. The van der Waals surface area contributed by atoms with Crippen molar-refractivity contribution in [2.75, 3.05) is 34.4 Å². The van der Waals surface area contributed by atoms with Crippen LogP contribution >= 0.6 is 0 Å². The molecule has 2 aromatic carbocycles. The maximum absolute atomic E-state index is 5.76. The molecule has 30 heavy (non-hydrogen) atoms. The molecule has 5 nitrogen and oxygen atoms in total. The summed E-state index contributed by atoms with van der Waals surface area (Å²) in [5.74, 6) is 1.70.